The fraction of sp³-hybridized carbons (Fsp3) is 0.269. The van der Waals surface area contributed by atoms with Crippen LogP contribution in [0.25, 0.3) is 10.8 Å². The molecule has 0 aliphatic carbocycles. The quantitative estimate of drug-likeness (QED) is 0.369. The first-order valence-electron chi connectivity index (χ1n) is 11.0. The van der Waals surface area contributed by atoms with Crippen LogP contribution in [0.15, 0.2) is 66.7 Å². The molecule has 3 rings (SSSR count). The second-order valence-corrected chi connectivity index (χ2v) is 8.16. The van der Waals surface area contributed by atoms with E-state index in [1.165, 1.54) is 19.2 Å². The monoisotopic (exact) mass is 465 g/mol. The van der Waals surface area contributed by atoms with E-state index >= 15 is 0 Å². The van der Waals surface area contributed by atoms with E-state index in [2.05, 4.69) is 16.0 Å². The molecule has 0 aliphatic rings. The smallest absolute Gasteiger partial charge is 0.404 e. The summed E-state index contributed by atoms with van der Waals surface area (Å²) in [5.41, 5.74) is 1.67. The van der Waals surface area contributed by atoms with Crippen LogP contribution in [-0.4, -0.2) is 43.2 Å². The molecule has 0 heterocycles. The van der Waals surface area contributed by atoms with Gasteiger partial charge in [0.2, 0.25) is 11.8 Å². The molecule has 0 unspecified atom stereocenters. The third kappa shape index (κ3) is 7.03. The van der Waals surface area contributed by atoms with Gasteiger partial charge in [0.15, 0.2) is 0 Å². The van der Waals surface area contributed by atoms with Gasteiger partial charge in [-0.15, -0.1) is 0 Å². The summed E-state index contributed by atoms with van der Waals surface area (Å²) in [6.45, 7) is 0.00771. The van der Waals surface area contributed by atoms with Crippen LogP contribution in [0.1, 0.15) is 11.1 Å². The largest absolute Gasteiger partial charge is 0.465 e. The van der Waals surface area contributed by atoms with Crippen molar-refractivity contribution in [3.63, 3.8) is 0 Å². The van der Waals surface area contributed by atoms with Crippen LogP contribution in [-0.2, 0) is 22.4 Å². The van der Waals surface area contributed by atoms with Crippen LogP contribution in [0.5, 0.6) is 0 Å². The van der Waals surface area contributed by atoms with Crippen LogP contribution in [0.2, 0.25) is 0 Å². The molecule has 34 heavy (non-hydrogen) atoms. The van der Waals surface area contributed by atoms with E-state index in [0.717, 1.165) is 21.9 Å². The molecule has 0 aromatic heterocycles. The number of nitrogens with one attached hydrogen (secondary N) is 3. The Morgan fingerprint density at radius 2 is 1.38 bits per heavy atom. The maximum absolute atomic E-state index is 13.2. The fourth-order valence-corrected chi connectivity index (χ4v) is 3.85. The normalized spacial score (nSPS) is 12.5. The lowest BCUT2D eigenvalue weighted by Crippen LogP contribution is -2.44. The number of amides is 3. The van der Waals surface area contributed by atoms with Crippen LogP contribution in [0.4, 0.5) is 9.18 Å². The van der Waals surface area contributed by atoms with Crippen molar-refractivity contribution in [3.05, 3.63) is 83.7 Å². The van der Waals surface area contributed by atoms with Crippen molar-refractivity contribution in [3.8, 4) is 0 Å². The molecule has 0 bridgehead atoms. The highest BCUT2D eigenvalue weighted by Gasteiger charge is 2.24. The summed E-state index contributed by atoms with van der Waals surface area (Å²) in [7, 11) is 1.52. The highest BCUT2D eigenvalue weighted by molar-refractivity contribution is 5.84. The van der Waals surface area contributed by atoms with Gasteiger partial charge in [0.25, 0.3) is 0 Å². The number of carbonyl (C=O) groups is 3. The number of carboxylic acid groups (broad SMARTS) is 1. The zero-order valence-electron chi connectivity index (χ0n) is 18.9. The van der Waals surface area contributed by atoms with E-state index in [9.17, 15) is 18.8 Å². The van der Waals surface area contributed by atoms with Crippen LogP contribution >= 0.6 is 0 Å². The Bertz CT molecular complexity index is 1150. The second kappa shape index (κ2) is 11.8. The molecule has 0 saturated carbocycles. The number of hydrogen-bond donors (Lipinski definition) is 4. The lowest BCUT2D eigenvalue weighted by Gasteiger charge is -2.20. The first-order chi connectivity index (χ1) is 16.4. The Hall–Kier alpha value is -3.94. The minimum atomic E-state index is -1.21. The SMILES string of the molecule is CNC(=O)[C@@H](CNC(=O)[C@@H](CNC(=O)O)Cc1ccc2ccccc2c1)Cc1ccc(F)cc1. The summed E-state index contributed by atoms with van der Waals surface area (Å²) in [4.78, 5) is 36.4. The second-order valence-electron chi connectivity index (χ2n) is 8.16. The molecule has 2 atom stereocenters. The Labute approximate surface area is 197 Å². The highest BCUT2D eigenvalue weighted by Crippen LogP contribution is 2.18. The van der Waals surface area contributed by atoms with Gasteiger partial charge in [-0.3, -0.25) is 9.59 Å². The average Bonchev–Trinajstić information content (AvgIpc) is 2.84. The van der Waals surface area contributed by atoms with E-state index in [1.54, 1.807) is 12.1 Å². The molecule has 0 spiro atoms. The predicted molar refractivity (Wildman–Crippen MR) is 128 cm³/mol. The Kier molecular flexibility index (Phi) is 8.56. The van der Waals surface area contributed by atoms with Gasteiger partial charge in [-0.25, -0.2) is 9.18 Å². The Morgan fingerprint density at radius 3 is 2.06 bits per heavy atom. The molecule has 0 saturated heterocycles. The number of rotatable bonds is 10. The van der Waals surface area contributed by atoms with Crippen LogP contribution in [0, 0.1) is 17.7 Å². The summed E-state index contributed by atoms with van der Waals surface area (Å²) in [6.07, 6.45) is -0.557. The molecule has 8 heteroatoms. The zero-order chi connectivity index (χ0) is 24.5. The molecule has 0 fully saturated rings. The summed E-state index contributed by atoms with van der Waals surface area (Å²) in [5, 5.41) is 18.8. The minimum absolute atomic E-state index is 0.0589. The topological polar surface area (TPSA) is 108 Å². The van der Waals surface area contributed by atoms with Gasteiger partial charge in [-0.05, 0) is 46.9 Å². The molecule has 178 valence electrons. The standard InChI is InChI=1S/C26H28FN3O4/c1-28-24(31)21(12-17-7-10-23(27)11-8-17)15-29-25(32)22(16-30-26(33)34)14-18-6-9-19-4-2-3-5-20(19)13-18/h2-11,13,21-22,30H,12,14-16H2,1H3,(H,28,31)(H,29,32)(H,33,34)/t21-,22-/m1/s1. The molecular weight excluding hydrogens is 437 g/mol. The van der Waals surface area contributed by atoms with E-state index < -0.39 is 17.9 Å². The molecule has 3 aromatic carbocycles. The molecule has 4 N–H and O–H groups in total. The third-order valence-corrected chi connectivity index (χ3v) is 5.70. The molecule has 0 aliphatic heterocycles. The van der Waals surface area contributed by atoms with Crippen LogP contribution in [0.3, 0.4) is 0 Å². The third-order valence-electron chi connectivity index (χ3n) is 5.70. The van der Waals surface area contributed by atoms with Crippen molar-refractivity contribution < 1.29 is 23.9 Å². The van der Waals surface area contributed by atoms with E-state index in [0.29, 0.717) is 12.8 Å². The number of hydrogen-bond acceptors (Lipinski definition) is 3. The number of carbonyl (C=O) groups excluding carboxylic acids is 2. The molecule has 0 radical (unpaired) electrons. The summed E-state index contributed by atoms with van der Waals surface area (Å²) in [5.74, 6) is -2.19. The molecule has 3 aromatic rings. The Morgan fingerprint density at radius 1 is 0.794 bits per heavy atom. The molecule has 3 amide bonds. The van der Waals surface area contributed by atoms with Crippen LogP contribution < -0.4 is 16.0 Å². The molecular formula is C26H28FN3O4. The van der Waals surface area contributed by atoms with Gasteiger partial charge >= 0.3 is 6.09 Å². The number of fused-ring (bicyclic) bond motifs is 1. The first kappa shape index (κ1) is 24.7. The van der Waals surface area contributed by atoms with Crippen molar-refractivity contribution in [2.24, 2.45) is 11.8 Å². The lowest BCUT2D eigenvalue weighted by molar-refractivity contribution is -0.126. The van der Waals surface area contributed by atoms with Crippen molar-refractivity contribution in [1.29, 1.82) is 0 Å². The number of benzene rings is 3. The average molecular weight is 466 g/mol. The summed E-state index contributed by atoms with van der Waals surface area (Å²) in [6, 6.07) is 19.6. The summed E-state index contributed by atoms with van der Waals surface area (Å²) >= 11 is 0. The maximum atomic E-state index is 13.2. The predicted octanol–water partition coefficient (Wildman–Crippen LogP) is 3.13. The summed E-state index contributed by atoms with van der Waals surface area (Å²) < 4.78 is 13.2. The van der Waals surface area contributed by atoms with E-state index in [-0.39, 0.29) is 30.7 Å². The highest BCUT2D eigenvalue weighted by atomic mass is 19.1. The van der Waals surface area contributed by atoms with Gasteiger partial charge in [-0.1, -0.05) is 54.6 Å². The fourth-order valence-electron chi connectivity index (χ4n) is 3.85. The first-order valence-corrected chi connectivity index (χ1v) is 11.0. The van der Waals surface area contributed by atoms with Gasteiger partial charge in [0.05, 0.1) is 11.8 Å². The Balaban J connectivity index is 1.70. The number of halogens is 1. The van der Waals surface area contributed by atoms with E-state index in [1.807, 2.05) is 42.5 Å². The van der Waals surface area contributed by atoms with Crippen molar-refractivity contribution in [1.82, 2.24) is 16.0 Å². The molecule has 7 nitrogen and oxygen atoms in total. The van der Waals surface area contributed by atoms with Gasteiger partial charge in [-0.2, -0.15) is 0 Å². The lowest BCUT2D eigenvalue weighted by atomic mass is 9.95. The van der Waals surface area contributed by atoms with Gasteiger partial charge in [0.1, 0.15) is 5.82 Å². The van der Waals surface area contributed by atoms with Crippen molar-refractivity contribution in [2.45, 2.75) is 12.8 Å². The van der Waals surface area contributed by atoms with Gasteiger partial charge < -0.3 is 21.1 Å². The maximum Gasteiger partial charge on any atom is 0.404 e. The van der Waals surface area contributed by atoms with Gasteiger partial charge in [0, 0.05) is 20.1 Å². The van der Waals surface area contributed by atoms with E-state index in [4.69, 9.17) is 5.11 Å². The van der Waals surface area contributed by atoms with Crippen molar-refractivity contribution in [2.75, 3.05) is 20.1 Å². The zero-order valence-corrected chi connectivity index (χ0v) is 18.9. The van der Waals surface area contributed by atoms with Crippen molar-refractivity contribution >= 4 is 28.7 Å². The minimum Gasteiger partial charge on any atom is -0.465 e.